The van der Waals surface area contributed by atoms with Gasteiger partial charge < -0.3 is 0 Å². The predicted molar refractivity (Wildman–Crippen MR) is 45.8 cm³/mol. The molecule has 1 saturated heterocycles. The summed E-state index contributed by atoms with van der Waals surface area (Å²) in [5.41, 5.74) is 0. The largest absolute Gasteiger partial charge is 0.279 e. The molecule has 1 saturated carbocycles. The molecule has 2 fully saturated rings. The molecule has 1 aliphatic heterocycles. The minimum Gasteiger partial charge on any atom is -0.205 e. The predicted octanol–water partition coefficient (Wildman–Crippen LogP) is -0.0651. The molecule has 4 nitrogen and oxygen atoms in total. The Morgan fingerprint density at radius 2 is 2.17 bits per heavy atom. The van der Waals surface area contributed by atoms with Gasteiger partial charge in [-0.15, -0.1) is 0 Å². The summed E-state index contributed by atoms with van der Waals surface area (Å²) in [7, 11) is -1.66. The quantitative estimate of drug-likeness (QED) is 0.663. The summed E-state index contributed by atoms with van der Waals surface area (Å²) in [6.45, 7) is 0.730. The lowest BCUT2D eigenvalue weighted by Gasteiger charge is -2.42. The topological polar surface area (TPSA) is 49.4 Å². The third-order valence-corrected chi connectivity index (χ3v) is 4.52. The van der Waals surface area contributed by atoms with Crippen molar-refractivity contribution in [2.45, 2.75) is 25.3 Å². The minimum atomic E-state index is -3.13. The first-order chi connectivity index (χ1) is 5.65. The van der Waals surface area contributed by atoms with Crippen molar-refractivity contribution in [3.05, 3.63) is 0 Å². The first-order valence-corrected chi connectivity index (χ1v) is 5.79. The smallest absolute Gasteiger partial charge is 0.205 e. The number of nitrogens with one attached hydrogen (secondary N) is 1. The molecule has 0 aromatic rings. The van der Waals surface area contributed by atoms with E-state index >= 15 is 0 Å². The van der Waals surface area contributed by atoms with Crippen molar-refractivity contribution in [1.82, 2.24) is 9.03 Å². The van der Waals surface area contributed by atoms with Crippen molar-refractivity contribution in [1.29, 1.82) is 0 Å². The Balaban J connectivity index is 2.09. The Hall–Kier alpha value is -0.130. The van der Waals surface area contributed by atoms with Crippen LogP contribution in [0.5, 0.6) is 0 Å². The van der Waals surface area contributed by atoms with Crippen LogP contribution in [0.1, 0.15) is 19.3 Å². The van der Waals surface area contributed by atoms with Gasteiger partial charge in [-0.05, 0) is 18.8 Å². The van der Waals surface area contributed by atoms with Crippen LogP contribution in [0.15, 0.2) is 0 Å². The molecular formula is C7H14N2O2S. The summed E-state index contributed by atoms with van der Waals surface area (Å²) in [4.78, 5) is 0. The highest BCUT2D eigenvalue weighted by molar-refractivity contribution is 7.87. The van der Waals surface area contributed by atoms with Crippen LogP contribution < -0.4 is 4.72 Å². The van der Waals surface area contributed by atoms with Gasteiger partial charge in [0, 0.05) is 19.6 Å². The van der Waals surface area contributed by atoms with E-state index in [-0.39, 0.29) is 0 Å². The molecule has 12 heavy (non-hydrogen) atoms. The fourth-order valence-corrected chi connectivity index (χ4v) is 3.49. The van der Waals surface area contributed by atoms with E-state index in [1.54, 1.807) is 4.31 Å². The number of fused-ring (bicyclic) bond motifs is 1. The van der Waals surface area contributed by atoms with Crippen LogP contribution in [-0.4, -0.2) is 32.4 Å². The summed E-state index contributed by atoms with van der Waals surface area (Å²) >= 11 is 0. The molecule has 5 heteroatoms. The van der Waals surface area contributed by atoms with Crippen LogP contribution in [0.2, 0.25) is 0 Å². The normalized spacial score (nSPS) is 36.1. The van der Waals surface area contributed by atoms with E-state index in [4.69, 9.17) is 0 Å². The van der Waals surface area contributed by atoms with Gasteiger partial charge >= 0.3 is 0 Å². The van der Waals surface area contributed by atoms with Crippen LogP contribution in [0.4, 0.5) is 0 Å². The summed E-state index contributed by atoms with van der Waals surface area (Å²) in [5.74, 6) is 0.646. The fourth-order valence-electron chi connectivity index (χ4n) is 2.23. The summed E-state index contributed by atoms with van der Waals surface area (Å²) in [6, 6.07) is 0.308. The molecule has 2 atom stereocenters. The van der Waals surface area contributed by atoms with Gasteiger partial charge in [-0.3, -0.25) is 0 Å². The second kappa shape index (κ2) is 2.68. The Morgan fingerprint density at radius 1 is 1.42 bits per heavy atom. The van der Waals surface area contributed by atoms with Crippen molar-refractivity contribution >= 4 is 10.2 Å². The van der Waals surface area contributed by atoms with Gasteiger partial charge in [0.05, 0.1) is 0 Å². The number of hydrogen-bond acceptors (Lipinski definition) is 2. The monoisotopic (exact) mass is 190 g/mol. The third kappa shape index (κ3) is 1.08. The summed E-state index contributed by atoms with van der Waals surface area (Å²) in [5, 5.41) is 0. The average molecular weight is 190 g/mol. The molecule has 2 aliphatic rings. The van der Waals surface area contributed by atoms with Gasteiger partial charge in [0.1, 0.15) is 0 Å². The van der Waals surface area contributed by atoms with Crippen molar-refractivity contribution < 1.29 is 8.42 Å². The minimum absolute atomic E-state index is 0.308. The molecule has 1 N–H and O–H groups in total. The second-order valence-corrected chi connectivity index (χ2v) is 5.36. The number of hydrogen-bond donors (Lipinski definition) is 1. The Morgan fingerprint density at radius 3 is 2.75 bits per heavy atom. The maximum atomic E-state index is 11.3. The summed E-state index contributed by atoms with van der Waals surface area (Å²) in [6.07, 6.45) is 3.44. The van der Waals surface area contributed by atoms with Gasteiger partial charge in [0.15, 0.2) is 0 Å². The molecule has 1 heterocycles. The van der Waals surface area contributed by atoms with E-state index in [9.17, 15) is 8.42 Å². The van der Waals surface area contributed by atoms with Crippen molar-refractivity contribution in [2.75, 3.05) is 13.6 Å². The van der Waals surface area contributed by atoms with Crippen molar-refractivity contribution in [3.8, 4) is 0 Å². The maximum absolute atomic E-state index is 11.3. The van der Waals surface area contributed by atoms with Gasteiger partial charge in [-0.2, -0.15) is 12.7 Å². The van der Waals surface area contributed by atoms with E-state index in [0.29, 0.717) is 12.0 Å². The lowest BCUT2D eigenvalue weighted by molar-refractivity contribution is 0.130. The van der Waals surface area contributed by atoms with Gasteiger partial charge in [-0.1, -0.05) is 6.42 Å². The fraction of sp³-hybridized carbons (Fsp3) is 1.00. The average Bonchev–Trinajstić information content (AvgIpc) is 2.32. The highest BCUT2D eigenvalue weighted by Crippen LogP contribution is 2.39. The highest BCUT2D eigenvalue weighted by Gasteiger charge is 2.47. The molecule has 0 amide bonds. The van der Waals surface area contributed by atoms with Crippen LogP contribution >= 0.6 is 0 Å². The Bertz CT molecular complexity index is 275. The molecule has 70 valence electrons. The first kappa shape index (κ1) is 8.47. The van der Waals surface area contributed by atoms with Crippen LogP contribution in [-0.2, 0) is 10.2 Å². The molecule has 0 bridgehead atoms. The SMILES string of the molecule is CNS(=O)(=O)N1CC2CCCC21. The third-order valence-electron chi connectivity index (χ3n) is 2.97. The molecule has 0 radical (unpaired) electrons. The highest BCUT2D eigenvalue weighted by atomic mass is 32.2. The first-order valence-electron chi connectivity index (χ1n) is 4.35. The maximum Gasteiger partial charge on any atom is 0.279 e. The molecule has 2 unspecified atom stereocenters. The molecule has 1 aliphatic carbocycles. The van der Waals surface area contributed by atoms with Gasteiger partial charge in [0.2, 0.25) is 0 Å². The molecule has 0 aromatic carbocycles. The second-order valence-electron chi connectivity index (χ2n) is 3.54. The Kier molecular flexibility index (Phi) is 1.89. The number of nitrogens with zero attached hydrogens (tertiary/aromatic N) is 1. The lowest BCUT2D eigenvalue weighted by atomic mass is 9.96. The standard InChI is InChI=1S/C7H14N2O2S/c1-8-12(10,11)9-5-6-3-2-4-7(6)9/h6-8H,2-5H2,1H3. The van der Waals surface area contributed by atoms with E-state index in [1.807, 2.05) is 0 Å². The van der Waals surface area contributed by atoms with Crippen LogP contribution in [0.25, 0.3) is 0 Å². The molecule has 0 spiro atoms. The van der Waals surface area contributed by atoms with E-state index in [2.05, 4.69) is 4.72 Å². The zero-order chi connectivity index (χ0) is 8.77. The molecular weight excluding hydrogens is 176 g/mol. The lowest BCUT2D eigenvalue weighted by Crippen LogP contribution is -2.58. The molecule has 0 aromatic heterocycles. The van der Waals surface area contributed by atoms with E-state index in [1.165, 1.54) is 19.9 Å². The van der Waals surface area contributed by atoms with Crippen LogP contribution in [0.3, 0.4) is 0 Å². The zero-order valence-corrected chi connectivity index (χ0v) is 7.97. The van der Waals surface area contributed by atoms with E-state index in [0.717, 1.165) is 13.0 Å². The van der Waals surface area contributed by atoms with Crippen LogP contribution in [0, 0.1) is 5.92 Å². The van der Waals surface area contributed by atoms with Crippen molar-refractivity contribution in [3.63, 3.8) is 0 Å². The zero-order valence-electron chi connectivity index (χ0n) is 7.16. The Labute approximate surface area is 73.1 Å². The van der Waals surface area contributed by atoms with Crippen molar-refractivity contribution in [2.24, 2.45) is 5.92 Å². The van der Waals surface area contributed by atoms with E-state index < -0.39 is 10.2 Å². The van der Waals surface area contributed by atoms with Gasteiger partial charge in [0.25, 0.3) is 10.2 Å². The van der Waals surface area contributed by atoms with Gasteiger partial charge in [-0.25, -0.2) is 4.72 Å². The summed E-state index contributed by atoms with van der Waals surface area (Å²) < 4.78 is 26.6. The molecule has 2 rings (SSSR count). The number of rotatable bonds is 2.